The Morgan fingerprint density at radius 3 is 3.00 bits per heavy atom. The second kappa shape index (κ2) is 6.14. The molecular weight excluding hydrogens is 363 g/mol. The van der Waals surface area contributed by atoms with Crippen LogP contribution in [0.2, 0.25) is 0 Å². The minimum Gasteiger partial charge on any atom is -0.486 e. The monoisotopic (exact) mass is 374 g/mol. The average Bonchev–Trinajstić information content (AvgIpc) is 2.75. The second-order valence-electron chi connectivity index (χ2n) is 3.54. The van der Waals surface area contributed by atoms with Crippen LogP contribution in [0.1, 0.15) is 12.6 Å². The highest BCUT2D eigenvalue weighted by Crippen LogP contribution is 2.22. The van der Waals surface area contributed by atoms with Gasteiger partial charge in [-0.1, -0.05) is 12.1 Å². The molecule has 1 aromatic heterocycles. The number of para-hydroxylation sites is 1. The van der Waals surface area contributed by atoms with Crippen LogP contribution in [0.4, 0.5) is 5.13 Å². The maximum Gasteiger partial charge on any atom is 0.223 e. The van der Waals surface area contributed by atoms with Gasteiger partial charge in [0.2, 0.25) is 5.91 Å². The second-order valence-corrected chi connectivity index (χ2v) is 5.56. The predicted molar refractivity (Wildman–Crippen MR) is 79.9 cm³/mol. The van der Waals surface area contributed by atoms with Gasteiger partial charge in [-0.2, -0.15) is 0 Å². The van der Waals surface area contributed by atoms with E-state index in [2.05, 4.69) is 32.9 Å². The van der Waals surface area contributed by atoms with E-state index in [9.17, 15) is 4.79 Å². The van der Waals surface area contributed by atoms with Crippen molar-refractivity contribution in [3.63, 3.8) is 0 Å². The van der Waals surface area contributed by atoms with E-state index in [0.717, 1.165) is 15.0 Å². The summed E-state index contributed by atoms with van der Waals surface area (Å²) in [5.74, 6) is 0.724. The maximum atomic E-state index is 10.9. The number of halogens is 1. The number of hydrogen-bond donors (Lipinski definition) is 1. The van der Waals surface area contributed by atoms with E-state index in [1.165, 1.54) is 18.3 Å². The molecule has 0 radical (unpaired) electrons. The molecule has 0 aliphatic carbocycles. The first kappa shape index (κ1) is 13.3. The summed E-state index contributed by atoms with van der Waals surface area (Å²) in [6.45, 7) is 1.86. The van der Waals surface area contributed by atoms with E-state index in [-0.39, 0.29) is 5.91 Å². The number of amides is 1. The molecule has 0 saturated carbocycles. The van der Waals surface area contributed by atoms with Gasteiger partial charge >= 0.3 is 0 Å². The van der Waals surface area contributed by atoms with Gasteiger partial charge < -0.3 is 10.1 Å². The van der Waals surface area contributed by atoms with Crippen molar-refractivity contribution >= 4 is 45.0 Å². The van der Waals surface area contributed by atoms with E-state index in [0.29, 0.717) is 11.7 Å². The van der Waals surface area contributed by atoms with Crippen LogP contribution in [0.3, 0.4) is 0 Å². The molecule has 0 atom stereocenters. The Bertz CT molecular complexity index is 557. The van der Waals surface area contributed by atoms with Gasteiger partial charge in [-0.15, -0.1) is 11.3 Å². The Kier molecular flexibility index (Phi) is 4.54. The fourth-order valence-electron chi connectivity index (χ4n) is 1.29. The van der Waals surface area contributed by atoms with Gasteiger partial charge in [0, 0.05) is 12.3 Å². The van der Waals surface area contributed by atoms with Gasteiger partial charge in [-0.25, -0.2) is 4.98 Å². The van der Waals surface area contributed by atoms with Crippen molar-refractivity contribution in [3.8, 4) is 5.75 Å². The number of rotatable bonds is 4. The highest BCUT2D eigenvalue weighted by molar-refractivity contribution is 14.1. The van der Waals surface area contributed by atoms with Gasteiger partial charge in [0.25, 0.3) is 0 Å². The lowest BCUT2D eigenvalue weighted by Gasteiger charge is -2.05. The van der Waals surface area contributed by atoms with Gasteiger partial charge in [0.1, 0.15) is 12.4 Å². The fraction of sp³-hybridized carbons (Fsp3) is 0.167. The van der Waals surface area contributed by atoms with Crippen LogP contribution >= 0.6 is 33.9 Å². The number of carbonyl (C=O) groups is 1. The minimum atomic E-state index is -0.116. The van der Waals surface area contributed by atoms with Crippen molar-refractivity contribution < 1.29 is 9.53 Å². The zero-order valence-electron chi connectivity index (χ0n) is 9.64. The molecule has 0 fully saturated rings. The number of benzene rings is 1. The summed E-state index contributed by atoms with van der Waals surface area (Å²) < 4.78 is 6.73. The van der Waals surface area contributed by atoms with Gasteiger partial charge in [0.15, 0.2) is 5.13 Å². The molecule has 0 bridgehead atoms. The van der Waals surface area contributed by atoms with E-state index in [1.54, 1.807) is 0 Å². The molecule has 1 aromatic carbocycles. The van der Waals surface area contributed by atoms with Crippen LogP contribution in [-0.4, -0.2) is 10.9 Å². The number of nitrogens with zero attached hydrogens (tertiary/aromatic N) is 1. The molecule has 0 aliphatic rings. The van der Waals surface area contributed by atoms with Crippen LogP contribution in [-0.2, 0) is 11.4 Å². The standard InChI is InChI=1S/C12H11IN2O2S/c1-8(16)14-12-15-9(7-18-12)6-17-11-5-3-2-4-10(11)13/h2-5,7H,6H2,1H3,(H,14,15,16). The zero-order valence-corrected chi connectivity index (χ0v) is 12.6. The molecule has 1 amide bonds. The molecule has 0 spiro atoms. The molecule has 6 heteroatoms. The number of ether oxygens (including phenoxy) is 1. The summed E-state index contributed by atoms with van der Waals surface area (Å²) in [6, 6.07) is 7.80. The molecule has 0 unspecified atom stereocenters. The molecule has 1 N–H and O–H groups in total. The van der Waals surface area contributed by atoms with Crippen LogP contribution in [0.15, 0.2) is 29.6 Å². The Morgan fingerprint density at radius 1 is 1.50 bits per heavy atom. The van der Waals surface area contributed by atoms with Gasteiger partial charge in [-0.3, -0.25) is 4.79 Å². The molecule has 0 aliphatic heterocycles. The van der Waals surface area contributed by atoms with Crippen LogP contribution < -0.4 is 10.1 Å². The fourth-order valence-corrected chi connectivity index (χ4v) is 2.58. The van der Waals surface area contributed by atoms with Crippen LogP contribution in [0.25, 0.3) is 0 Å². The number of carbonyl (C=O) groups excluding carboxylic acids is 1. The summed E-state index contributed by atoms with van der Waals surface area (Å²) in [5, 5.41) is 5.12. The first-order valence-corrected chi connectivity index (χ1v) is 7.20. The van der Waals surface area contributed by atoms with Crippen LogP contribution in [0, 0.1) is 3.57 Å². The minimum absolute atomic E-state index is 0.116. The third-order valence-corrected chi connectivity index (χ3v) is 3.74. The van der Waals surface area contributed by atoms with E-state index in [1.807, 2.05) is 29.6 Å². The van der Waals surface area contributed by atoms with Crippen molar-refractivity contribution in [1.29, 1.82) is 0 Å². The lowest BCUT2D eigenvalue weighted by Crippen LogP contribution is -2.05. The maximum absolute atomic E-state index is 10.9. The van der Waals surface area contributed by atoms with Crippen molar-refractivity contribution in [2.75, 3.05) is 5.32 Å². The molecule has 4 nitrogen and oxygen atoms in total. The van der Waals surface area contributed by atoms with E-state index < -0.39 is 0 Å². The third-order valence-electron chi connectivity index (χ3n) is 2.05. The Morgan fingerprint density at radius 2 is 2.28 bits per heavy atom. The largest absolute Gasteiger partial charge is 0.486 e. The number of hydrogen-bond acceptors (Lipinski definition) is 4. The number of aromatic nitrogens is 1. The third kappa shape index (κ3) is 3.67. The van der Waals surface area contributed by atoms with Crippen molar-refractivity contribution in [2.24, 2.45) is 0 Å². The average molecular weight is 374 g/mol. The Hall–Kier alpha value is -1.15. The predicted octanol–water partition coefficient (Wildman–Crippen LogP) is 3.29. The van der Waals surface area contributed by atoms with Crippen molar-refractivity contribution in [1.82, 2.24) is 4.98 Å². The van der Waals surface area contributed by atoms with Crippen molar-refractivity contribution in [2.45, 2.75) is 13.5 Å². The SMILES string of the molecule is CC(=O)Nc1nc(COc2ccccc2I)cs1. The molecule has 2 aromatic rings. The van der Waals surface area contributed by atoms with E-state index in [4.69, 9.17) is 4.74 Å². The lowest BCUT2D eigenvalue weighted by atomic mass is 10.3. The number of thiazole rings is 1. The lowest BCUT2D eigenvalue weighted by molar-refractivity contribution is -0.114. The van der Waals surface area contributed by atoms with Gasteiger partial charge in [0.05, 0.1) is 9.26 Å². The van der Waals surface area contributed by atoms with E-state index >= 15 is 0 Å². The Balaban J connectivity index is 1.96. The smallest absolute Gasteiger partial charge is 0.223 e. The highest BCUT2D eigenvalue weighted by Gasteiger charge is 2.05. The summed E-state index contributed by atoms with van der Waals surface area (Å²) in [7, 11) is 0. The summed E-state index contributed by atoms with van der Waals surface area (Å²) in [6.07, 6.45) is 0. The first-order chi connectivity index (χ1) is 8.65. The first-order valence-electron chi connectivity index (χ1n) is 5.24. The highest BCUT2D eigenvalue weighted by atomic mass is 127. The summed E-state index contributed by atoms with van der Waals surface area (Å²) >= 11 is 3.62. The number of anilines is 1. The van der Waals surface area contributed by atoms with Crippen LogP contribution in [0.5, 0.6) is 5.75 Å². The summed E-state index contributed by atoms with van der Waals surface area (Å²) in [5.41, 5.74) is 0.809. The quantitative estimate of drug-likeness (QED) is 0.836. The zero-order chi connectivity index (χ0) is 13.0. The number of nitrogens with one attached hydrogen (secondary N) is 1. The summed E-state index contributed by atoms with van der Waals surface area (Å²) in [4.78, 5) is 15.1. The molecule has 2 rings (SSSR count). The Labute approximate surface area is 123 Å². The topological polar surface area (TPSA) is 51.2 Å². The van der Waals surface area contributed by atoms with Crippen molar-refractivity contribution in [3.05, 3.63) is 38.9 Å². The molecule has 1 heterocycles. The molecule has 18 heavy (non-hydrogen) atoms. The molecule has 0 saturated heterocycles. The molecular formula is C12H11IN2O2S. The van der Waals surface area contributed by atoms with Gasteiger partial charge in [-0.05, 0) is 34.7 Å². The normalized spacial score (nSPS) is 10.1. The molecule has 94 valence electrons.